The van der Waals surface area contributed by atoms with Crippen molar-refractivity contribution in [2.75, 3.05) is 7.05 Å². The summed E-state index contributed by atoms with van der Waals surface area (Å²) in [5, 5.41) is 7.79. The van der Waals surface area contributed by atoms with E-state index >= 15 is 0 Å². The SMILES string of the molecule is CN=C(NCc1ccc(COc2ccccc2)cc1)NCc1sc(C)nc1C.I. The van der Waals surface area contributed by atoms with E-state index in [1.54, 1.807) is 18.4 Å². The van der Waals surface area contributed by atoms with Crippen LogP contribution >= 0.6 is 35.3 Å². The summed E-state index contributed by atoms with van der Waals surface area (Å²) in [6.45, 7) is 6.07. The van der Waals surface area contributed by atoms with Gasteiger partial charge in [-0.25, -0.2) is 4.98 Å². The maximum atomic E-state index is 5.78. The van der Waals surface area contributed by atoms with Crippen LogP contribution in [0.25, 0.3) is 0 Å². The van der Waals surface area contributed by atoms with E-state index in [1.165, 1.54) is 10.4 Å². The molecular formula is C22H27IN4OS. The predicted molar refractivity (Wildman–Crippen MR) is 131 cm³/mol. The summed E-state index contributed by atoms with van der Waals surface area (Å²) in [6, 6.07) is 18.3. The van der Waals surface area contributed by atoms with Crippen molar-refractivity contribution in [2.24, 2.45) is 4.99 Å². The Bertz CT molecular complexity index is 910. The molecule has 0 saturated heterocycles. The number of aromatic nitrogens is 1. The maximum Gasteiger partial charge on any atom is 0.191 e. The van der Waals surface area contributed by atoms with Gasteiger partial charge < -0.3 is 15.4 Å². The van der Waals surface area contributed by atoms with Crippen LogP contribution in [-0.2, 0) is 19.7 Å². The van der Waals surface area contributed by atoms with Crippen molar-refractivity contribution < 1.29 is 4.74 Å². The molecule has 2 aromatic carbocycles. The molecule has 5 nitrogen and oxygen atoms in total. The molecule has 0 atom stereocenters. The molecule has 0 bridgehead atoms. The van der Waals surface area contributed by atoms with Crippen molar-refractivity contribution in [3.8, 4) is 5.75 Å². The summed E-state index contributed by atoms with van der Waals surface area (Å²) in [7, 11) is 1.78. The highest BCUT2D eigenvalue weighted by molar-refractivity contribution is 14.0. The zero-order valence-corrected chi connectivity index (χ0v) is 20.1. The highest BCUT2D eigenvalue weighted by atomic mass is 127. The largest absolute Gasteiger partial charge is 0.489 e. The fourth-order valence-electron chi connectivity index (χ4n) is 2.74. The summed E-state index contributed by atoms with van der Waals surface area (Å²) in [5.74, 6) is 1.66. The number of ether oxygens (including phenoxy) is 1. The summed E-state index contributed by atoms with van der Waals surface area (Å²) < 4.78 is 5.78. The van der Waals surface area contributed by atoms with Crippen molar-refractivity contribution in [3.63, 3.8) is 0 Å². The minimum Gasteiger partial charge on any atom is -0.489 e. The number of halogens is 1. The van der Waals surface area contributed by atoms with Crippen LogP contribution in [0.15, 0.2) is 59.6 Å². The predicted octanol–water partition coefficient (Wildman–Crippen LogP) is 4.82. The Morgan fingerprint density at radius 2 is 1.62 bits per heavy atom. The number of para-hydroxylation sites is 1. The Labute approximate surface area is 193 Å². The van der Waals surface area contributed by atoms with Crippen LogP contribution in [0.1, 0.15) is 26.7 Å². The van der Waals surface area contributed by atoms with Gasteiger partial charge in [0.2, 0.25) is 0 Å². The molecule has 0 saturated carbocycles. The van der Waals surface area contributed by atoms with Crippen molar-refractivity contribution in [3.05, 3.63) is 81.3 Å². The molecule has 0 aliphatic carbocycles. The molecule has 0 aliphatic heterocycles. The van der Waals surface area contributed by atoms with Crippen molar-refractivity contribution >= 4 is 41.3 Å². The Hall–Kier alpha value is -2.13. The van der Waals surface area contributed by atoms with Crippen LogP contribution in [-0.4, -0.2) is 18.0 Å². The number of aliphatic imine (C=N–C) groups is 1. The van der Waals surface area contributed by atoms with Gasteiger partial charge in [-0.15, -0.1) is 35.3 Å². The van der Waals surface area contributed by atoms with Gasteiger partial charge in [-0.1, -0.05) is 42.5 Å². The number of nitrogens with zero attached hydrogens (tertiary/aromatic N) is 2. The van der Waals surface area contributed by atoms with Gasteiger partial charge in [0, 0.05) is 18.5 Å². The normalized spacial score (nSPS) is 10.9. The lowest BCUT2D eigenvalue weighted by Crippen LogP contribution is -2.36. The maximum absolute atomic E-state index is 5.78. The topological polar surface area (TPSA) is 58.5 Å². The first-order valence-electron chi connectivity index (χ1n) is 9.27. The van der Waals surface area contributed by atoms with E-state index in [9.17, 15) is 0 Å². The van der Waals surface area contributed by atoms with Crippen molar-refractivity contribution in [1.29, 1.82) is 0 Å². The van der Waals surface area contributed by atoms with Gasteiger partial charge in [0.15, 0.2) is 5.96 Å². The molecule has 154 valence electrons. The van der Waals surface area contributed by atoms with Crippen LogP contribution < -0.4 is 15.4 Å². The highest BCUT2D eigenvalue weighted by Crippen LogP contribution is 2.16. The lowest BCUT2D eigenvalue weighted by Gasteiger charge is -2.12. The van der Waals surface area contributed by atoms with Crippen LogP contribution in [0, 0.1) is 13.8 Å². The number of guanidine groups is 1. The Morgan fingerprint density at radius 3 is 2.24 bits per heavy atom. The quantitative estimate of drug-likeness (QED) is 0.266. The van der Waals surface area contributed by atoms with Crippen LogP contribution in [0.4, 0.5) is 0 Å². The zero-order chi connectivity index (χ0) is 19.8. The average Bonchev–Trinajstić information content (AvgIpc) is 3.05. The number of benzene rings is 2. The van der Waals surface area contributed by atoms with E-state index in [0.717, 1.165) is 34.5 Å². The Morgan fingerprint density at radius 1 is 0.966 bits per heavy atom. The fraction of sp³-hybridized carbons (Fsp3) is 0.273. The second-order valence-electron chi connectivity index (χ2n) is 6.44. The van der Waals surface area contributed by atoms with E-state index in [2.05, 4.69) is 44.9 Å². The van der Waals surface area contributed by atoms with Gasteiger partial charge in [0.1, 0.15) is 12.4 Å². The van der Waals surface area contributed by atoms with E-state index in [-0.39, 0.29) is 24.0 Å². The number of thiazole rings is 1. The molecule has 1 aromatic heterocycles. The third kappa shape index (κ3) is 7.32. The van der Waals surface area contributed by atoms with Gasteiger partial charge in [0.25, 0.3) is 0 Å². The summed E-state index contributed by atoms with van der Waals surface area (Å²) in [6.07, 6.45) is 0. The first-order valence-corrected chi connectivity index (χ1v) is 10.1. The summed E-state index contributed by atoms with van der Waals surface area (Å²) in [4.78, 5) is 9.99. The summed E-state index contributed by atoms with van der Waals surface area (Å²) >= 11 is 1.72. The molecule has 2 N–H and O–H groups in total. The molecule has 1 heterocycles. The molecule has 29 heavy (non-hydrogen) atoms. The van der Waals surface area contributed by atoms with Crippen molar-refractivity contribution in [2.45, 2.75) is 33.5 Å². The lowest BCUT2D eigenvalue weighted by molar-refractivity contribution is 0.306. The molecule has 0 aliphatic rings. The van der Waals surface area contributed by atoms with Crippen LogP contribution in [0.5, 0.6) is 5.75 Å². The van der Waals surface area contributed by atoms with E-state index < -0.39 is 0 Å². The number of aryl methyl sites for hydroxylation is 2. The second-order valence-corrected chi connectivity index (χ2v) is 7.73. The van der Waals surface area contributed by atoms with Gasteiger partial charge >= 0.3 is 0 Å². The van der Waals surface area contributed by atoms with Gasteiger partial charge in [0.05, 0.1) is 17.2 Å². The molecule has 0 fully saturated rings. The van der Waals surface area contributed by atoms with Crippen LogP contribution in [0.3, 0.4) is 0 Å². The van der Waals surface area contributed by atoms with Gasteiger partial charge in [-0.3, -0.25) is 4.99 Å². The molecular weight excluding hydrogens is 495 g/mol. The van der Waals surface area contributed by atoms with E-state index in [0.29, 0.717) is 13.2 Å². The second kappa shape index (κ2) is 11.8. The standard InChI is InChI=1S/C22H26N4OS.HI/c1-16-21(28-17(2)26-16)14-25-22(23-3)24-13-18-9-11-19(12-10-18)15-27-20-7-5-4-6-8-20;/h4-12H,13-15H2,1-3H3,(H2,23,24,25);1H. The van der Waals surface area contributed by atoms with E-state index in [1.807, 2.05) is 44.2 Å². The third-order valence-electron chi connectivity index (χ3n) is 4.27. The minimum atomic E-state index is 0. The number of hydrogen-bond acceptors (Lipinski definition) is 4. The number of hydrogen-bond donors (Lipinski definition) is 2. The molecule has 7 heteroatoms. The average molecular weight is 522 g/mol. The zero-order valence-electron chi connectivity index (χ0n) is 16.9. The monoisotopic (exact) mass is 522 g/mol. The van der Waals surface area contributed by atoms with Crippen molar-refractivity contribution in [1.82, 2.24) is 15.6 Å². The minimum absolute atomic E-state index is 0. The van der Waals surface area contributed by atoms with Crippen LogP contribution in [0.2, 0.25) is 0 Å². The molecule has 0 spiro atoms. The van der Waals surface area contributed by atoms with Gasteiger partial charge in [-0.05, 0) is 37.1 Å². The lowest BCUT2D eigenvalue weighted by atomic mass is 10.1. The fourth-order valence-corrected chi connectivity index (χ4v) is 3.62. The third-order valence-corrected chi connectivity index (χ3v) is 5.34. The number of nitrogens with one attached hydrogen (secondary N) is 2. The Kier molecular flexibility index (Phi) is 9.40. The first-order chi connectivity index (χ1) is 13.6. The highest BCUT2D eigenvalue weighted by Gasteiger charge is 2.06. The molecule has 3 aromatic rings. The molecule has 0 unspecified atom stereocenters. The van der Waals surface area contributed by atoms with Gasteiger partial charge in [-0.2, -0.15) is 0 Å². The smallest absolute Gasteiger partial charge is 0.191 e. The first kappa shape index (κ1) is 23.2. The molecule has 0 amide bonds. The molecule has 0 radical (unpaired) electrons. The number of rotatable bonds is 7. The van der Waals surface area contributed by atoms with E-state index in [4.69, 9.17) is 4.74 Å². The molecule has 3 rings (SSSR count). The summed E-state index contributed by atoms with van der Waals surface area (Å²) in [5.41, 5.74) is 3.42. The Balaban J connectivity index is 0.00000300.